The number of fused-ring (bicyclic) bond motifs is 2. The lowest BCUT2D eigenvalue weighted by atomic mass is 10.00. The SMILES string of the molecule is CCOC(C)n1cc(-c2ccc3nc(N[C@@H]4CCCN(c5nc6cc(NC(=O)O)ccc6s5)C4)nn3c2C(C)C)cn1. The Morgan fingerprint density at radius 3 is 2.86 bits per heavy atom. The molecular weight excluding hydrogens is 554 g/mol. The highest BCUT2D eigenvalue weighted by Gasteiger charge is 2.25. The number of aromatic nitrogens is 6. The van der Waals surface area contributed by atoms with Crippen LogP contribution in [0.5, 0.6) is 0 Å². The van der Waals surface area contributed by atoms with E-state index in [2.05, 4.69) is 40.5 Å². The molecule has 12 nitrogen and oxygen atoms in total. The highest BCUT2D eigenvalue weighted by Crippen LogP contribution is 2.33. The van der Waals surface area contributed by atoms with Crippen molar-refractivity contribution in [1.82, 2.24) is 29.4 Å². The van der Waals surface area contributed by atoms with Gasteiger partial charge in [0.05, 0.1) is 22.1 Å². The zero-order valence-electron chi connectivity index (χ0n) is 24.1. The molecule has 0 aliphatic carbocycles. The van der Waals surface area contributed by atoms with Crippen LogP contribution in [0, 0.1) is 0 Å². The van der Waals surface area contributed by atoms with E-state index >= 15 is 0 Å². The molecule has 13 heteroatoms. The van der Waals surface area contributed by atoms with Gasteiger partial charge in [-0.05, 0) is 62.9 Å². The molecule has 1 aliphatic rings. The van der Waals surface area contributed by atoms with E-state index in [9.17, 15) is 4.79 Å². The smallest absolute Gasteiger partial charge is 0.409 e. The molecule has 4 aromatic heterocycles. The number of piperidine rings is 1. The van der Waals surface area contributed by atoms with Crippen LogP contribution in [0.2, 0.25) is 0 Å². The van der Waals surface area contributed by atoms with E-state index in [0.29, 0.717) is 18.2 Å². The predicted octanol–water partition coefficient (Wildman–Crippen LogP) is 6.05. The van der Waals surface area contributed by atoms with Crippen molar-refractivity contribution in [1.29, 1.82) is 0 Å². The normalized spacial score (nSPS) is 16.4. The molecule has 1 aromatic carbocycles. The monoisotopic (exact) mass is 589 g/mol. The highest BCUT2D eigenvalue weighted by molar-refractivity contribution is 7.22. The molecule has 1 amide bonds. The fourth-order valence-electron chi connectivity index (χ4n) is 5.52. The lowest BCUT2D eigenvalue weighted by Gasteiger charge is -2.32. The fourth-order valence-corrected chi connectivity index (χ4v) is 6.50. The molecule has 1 unspecified atom stereocenters. The third kappa shape index (κ3) is 5.61. The molecule has 1 aliphatic heterocycles. The molecule has 42 heavy (non-hydrogen) atoms. The molecule has 5 heterocycles. The summed E-state index contributed by atoms with van der Waals surface area (Å²) in [6.45, 7) is 10.6. The van der Waals surface area contributed by atoms with Crippen LogP contribution in [-0.4, -0.2) is 66.3 Å². The van der Waals surface area contributed by atoms with Crippen molar-refractivity contribution in [2.75, 3.05) is 35.2 Å². The van der Waals surface area contributed by atoms with Crippen molar-refractivity contribution in [2.24, 2.45) is 0 Å². The Balaban J connectivity index is 1.22. The van der Waals surface area contributed by atoms with Crippen molar-refractivity contribution in [3.05, 3.63) is 48.4 Å². The van der Waals surface area contributed by atoms with E-state index in [1.807, 2.05) is 47.6 Å². The number of pyridine rings is 1. The molecule has 5 aromatic rings. The van der Waals surface area contributed by atoms with Crippen LogP contribution in [0.3, 0.4) is 0 Å². The fraction of sp³-hybridized carbons (Fsp3) is 0.414. The maximum Gasteiger partial charge on any atom is 0.409 e. The Hall–Kier alpha value is -4.23. The summed E-state index contributed by atoms with van der Waals surface area (Å²) < 4.78 is 10.5. The number of anilines is 3. The molecule has 3 N–H and O–H groups in total. The number of hydrogen-bond acceptors (Lipinski definition) is 9. The van der Waals surface area contributed by atoms with Crippen LogP contribution in [0.15, 0.2) is 42.7 Å². The van der Waals surface area contributed by atoms with Gasteiger partial charge in [-0.15, -0.1) is 5.10 Å². The first kappa shape index (κ1) is 27.9. The van der Waals surface area contributed by atoms with E-state index in [-0.39, 0.29) is 18.2 Å². The summed E-state index contributed by atoms with van der Waals surface area (Å²) in [4.78, 5) is 22.9. The lowest BCUT2D eigenvalue weighted by Crippen LogP contribution is -2.42. The Morgan fingerprint density at radius 2 is 2.07 bits per heavy atom. The van der Waals surface area contributed by atoms with Crippen molar-refractivity contribution in [3.63, 3.8) is 0 Å². The Labute approximate surface area is 247 Å². The van der Waals surface area contributed by atoms with Crippen LogP contribution in [0.1, 0.15) is 58.4 Å². The second-order valence-corrected chi connectivity index (χ2v) is 11.8. The summed E-state index contributed by atoms with van der Waals surface area (Å²) in [6, 6.07) is 9.71. The Kier molecular flexibility index (Phi) is 7.69. The van der Waals surface area contributed by atoms with E-state index in [1.54, 1.807) is 23.5 Å². The van der Waals surface area contributed by atoms with Gasteiger partial charge in [0.25, 0.3) is 0 Å². The van der Waals surface area contributed by atoms with Gasteiger partial charge in [0, 0.05) is 48.7 Å². The molecule has 1 fully saturated rings. The van der Waals surface area contributed by atoms with E-state index < -0.39 is 6.09 Å². The molecule has 220 valence electrons. The maximum absolute atomic E-state index is 11.0. The second-order valence-electron chi connectivity index (χ2n) is 10.8. The number of ether oxygens (including phenoxy) is 1. The summed E-state index contributed by atoms with van der Waals surface area (Å²) >= 11 is 1.62. The third-order valence-corrected chi connectivity index (χ3v) is 8.53. The summed E-state index contributed by atoms with van der Waals surface area (Å²) in [6.07, 6.45) is 4.69. The van der Waals surface area contributed by atoms with E-state index in [0.717, 1.165) is 63.7 Å². The highest BCUT2D eigenvalue weighted by atomic mass is 32.1. The van der Waals surface area contributed by atoms with Gasteiger partial charge >= 0.3 is 6.09 Å². The molecular formula is C29H35N9O3S. The van der Waals surface area contributed by atoms with Crippen molar-refractivity contribution in [2.45, 2.75) is 58.7 Å². The first-order valence-electron chi connectivity index (χ1n) is 14.3. The van der Waals surface area contributed by atoms with Gasteiger partial charge in [-0.1, -0.05) is 25.2 Å². The average Bonchev–Trinajstić information content (AvgIpc) is 3.70. The molecule has 0 spiro atoms. The minimum absolute atomic E-state index is 0.138. The van der Waals surface area contributed by atoms with Gasteiger partial charge in [0.1, 0.15) is 6.23 Å². The number of thiazole rings is 1. The van der Waals surface area contributed by atoms with Crippen molar-refractivity contribution in [3.8, 4) is 11.1 Å². The molecule has 0 radical (unpaired) electrons. The number of carboxylic acid groups (broad SMARTS) is 1. The van der Waals surface area contributed by atoms with E-state index in [4.69, 9.17) is 24.9 Å². The predicted molar refractivity (Wildman–Crippen MR) is 165 cm³/mol. The van der Waals surface area contributed by atoms with E-state index in [1.165, 1.54) is 0 Å². The first-order chi connectivity index (χ1) is 20.3. The van der Waals surface area contributed by atoms with Crippen LogP contribution in [0.25, 0.3) is 27.0 Å². The largest absolute Gasteiger partial charge is 0.465 e. The lowest BCUT2D eigenvalue weighted by molar-refractivity contribution is 0.0160. The van der Waals surface area contributed by atoms with Gasteiger partial charge < -0.3 is 20.1 Å². The van der Waals surface area contributed by atoms with Gasteiger partial charge in [-0.3, -0.25) is 5.32 Å². The van der Waals surface area contributed by atoms with Gasteiger partial charge in [-0.25, -0.2) is 19.0 Å². The minimum atomic E-state index is -1.09. The molecule has 0 bridgehead atoms. The number of nitrogens with zero attached hydrogens (tertiary/aromatic N) is 7. The number of nitrogens with one attached hydrogen (secondary N) is 2. The quantitative estimate of drug-likeness (QED) is 0.188. The van der Waals surface area contributed by atoms with Gasteiger partial charge in [-0.2, -0.15) is 10.1 Å². The van der Waals surface area contributed by atoms with Gasteiger partial charge in [0.15, 0.2) is 10.8 Å². The van der Waals surface area contributed by atoms with Crippen LogP contribution in [-0.2, 0) is 4.74 Å². The van der Waals surface area contributed by atoms with Crippen LogP contribution >= 0.6 is 11.3 Å². The zero-order valence-corrected chi connectivity index (χ0v) is 24.9. The summed E-state index contributed by atoms with van der Waals surface area (Å²) in [5.74, 6) is 0.816. The molecule has 6 rings (SSSR count). The second kappa shape index (κ2) is 11.6. The van der Waals surface area contributed by atoms with Gasteiger partial charge in [0.2, 0.25) is 5.95 Å². The summed E-state index contributed by atoms with van der Waals surface area (Å²) in [5, 5.41) is 25.4. The third-order valence-electron chi connectivity index (χ3n) is 7.43. The number of hydrogen-bond donors (Lipinski definition) is 3. The average molecular weight is 590 g/mol. The van der Waals surface area contributed by atoms with Crippen LogP contribution < -0.4 is 15.5 Å². The standard InChI is InChI=1S/C29H35N9O3S/c1-5-41-18(4)37-15-19(14-30-37)22-9-11-25-34-27(35-38(25)26(22)17(2)3)31-21-7-6-12-36(16-21)28-33-23-13-20(32-29(39)40)8-10-24(23)42-28/h8-11,13-15,17-18,21,32H,5-7,12,16H2,1-4H3,(H,31,35)(H,39,40)/t18?,21-/m1/s1. The summed E-state index contributed by atoms with van der Waals surface area (Å²) in [7, 11) is 0. The zero-order chi connectivity index (χ0) is 29.4. The van der Waals surface area contributed by atoms with Crippen molar-refractivity contribution < 1.29 is 14.6 Å². The molecule has 0 saturated carbocycles. The maximum atomic E-state index is 11.0. The Morgan fingerprint density at radius 1 is 1.21 bits per heavy atom. The minimum Gasteiger partial charge on any atom is -0.465 e. The number of rotatable bonds is 9. The molecule has 1 saturated heterocycles. The van der Waals surface area contributed by atoms with Crippen molar-refractivity contribution >= 4 is 50.1 Å². The van der Waals surface area contributed by atoms with Crippen LogP contribution in [0.4, 0.5) is 21.6 Å². The number of benzene rings is 1. The number of carbonyl (C=O) groups is 1. The first-order valence-corrected chi connectivity index (χ1v) is 15.1. The number of amides is 1. The molecule has 2 atom stereocenters. The topological polar surface area (TPSA) is 135 Å². The Bertz CT molecular complexity index is 1730. The summed E-state index contributed by atoms with van der Waals surface area (Å²) in [5.41, 5.74) is 5.26.